The fourth-order valence-electron chi connectivity index (χ4n) is 4.33. The van der Waals surface area contributed by atoms with Crippen LogP contribution in [0, 0.1) is 27.7 Å². The number of anilines is 2. The second-order valence-corrected chi connectivity index (χ2v) is 10.4. The molecule has 0 saturated heterocycles. The van der Waals surface area contributed by atoms with Crippen LogP contribution in [0.2, 0.25) is 0 Å². The number of hydrogen-bond acceptors (Lipinski definition) is 4. The van der Waals surface area contributed by atoms with Gasteiger partial charge in [0, 0.05) is 12.2 Å². The van der Waals surface area contributed by atoms with Crippen molar-refractivity contribution in [2.45, 2.75) is 39.0 Å². The van der Waals surface area contributed by atoms with Gasteiger partial charge >= 0.3 is 0 Å². The molecule has 6 nitrogen and oxygen atoms in total. The third-order valence-corrected chi connectivity index (χ3v) is 7.69. The molecule has 1 heterocycles. The van der Waals surface area contributed by atoms with Crippen LogP contribution < -0.4 is 14.4 Å². The highest BCUT2D eigenvalue weighted by molar-refractivity contribution is 7.92. The third kappa shape index (κ3) is 4.59. The molecule has 0 atom stereocenters. The van der Waals surface area contributed by atoms with Crippen LogP contribution in [0.3, 0.4) is 0 Å². The van der Waals surface area contributed by atoms with Crippen molar-refractivity contribution in [2.75, 3.05) is 22.8 Å². The average Bonchev–Trinajstić information content (AvgIpc) is 3.20. The van der Waals surface area contributed by atoms with Gasteiger partial charge in [-0.3, -0.25) is 9.10 Å². The quantitative estimate of drug-likeness (QED) is 0.574. The summed E-state index contributed by atoms with van der Waals surface area (Å²) in [6, 6.07) is 16.3. The van der Waals surface area contributed by atoms with Gasteiger partial charge in [0.05, 0.1) is 10.6 Å². The number of nitrogens with one attached hydrogen (secondary N) is 1. The minimum Gasteiger partial charge on any atom is -0.483 e. The summed E-state index contributed by atoms with van der Waals surface area (Å²) in [5.74, 6) is 0.207. The second kappa shape index (κ2) is 8.90. The molecule has 0 unspecified atom stereocenters. The molecule has 4 rings (SSSR count). The number of para-hydroxylation sites is 1. The molecule has 1 N–H and O–H groups in total. The third-order valence-electron chi connectivity index (χ3n) is 5.88. The van der Waals surface area contributed by atoms with E-state index in [2.05, 4.69) is 5.32 Å². The fourth-order valence-corrected chi connectivity index (χ4v) is 5.91. The maximum Gasteiger partial charge on any atom is 0.264 e. The van der Waals surface area contributed by atoms with E-state index in [4.69, 9.17) is 4.74 Å². The summed E-state index contributed by atoms with van der Waals surface area (Å²) >= 11 is 0. The Balaban J connectivity index is 1.46. The molecule has 3 aromatic carbocycles. The van der Waals surface area contributed by atoms with E-state index in [0.29, 0.717) is 24.3 Å². The number of benzene rings is 3. The first-order valence-electron chi connectivity index (χ1n) is 10.9. The van der Waals surface area contributed by atoms with Gasteiger partial charge in [0.1, 0.15) is 5.75 Å². The van der Waals surface area contributed by atoms with Gasteiger partial charge in [-0.25, -0.2) is 8.42 Å². The molecule has 7 heteroatoms. The molecule has 172 valence electrons. The maximum atomic E-state index is 13.2. The van der Waals surface area contributed by atoms with Gasteiger partial charge in [-0.1, -0.05) is 35.9 Å². The van der Waals surface area contributed by atoms with Crippen molar-refractivity contribution in [1.29, 1.82) is 0 Å². The van der Waals surface area contributed by atoms with Crippen LogP contribution in [-0.2, 0) is 21.2 Å². The van der Waals surface area contributed by atoms with Gasteiger partial charge in [0.25, 0.3) is 15.9 Å². The Kier molecular flexibility index (Phi) is 6.17. The topological polar surface area (TPSA) is 75.7 Å². The Bertz CT molecular complexity index is 1310. The summed E-state index contributed by atoms with van der Waals surface area (Å²) in [6.45, 7) is 7.97. The Morgan fingerprint density at radius 2 is 1.67 bits per heavy atom. The minimum atomic E-state index is -3.68. The molecule has 3 aromatic rings. The number of carbonyl (C=O) groups is 1. The van der Waals surface area contributed by atoms with Gasteiger partial charge in [0.15, 0.2) is 6.61 Å². The Hall–Kier alpha value is -3.32. The zero-order valence-electron chi connectivity index (χ0n) is 19.3. The smallest absolute Gasteiger partial charge is 0.264 e. The van der Waals surface area contributed by atoms with Gasteiger partial charge in [-0.2, -0.15) is 0 Å². The largest absolute Gasteiger partial charge is 0.483 e. The molecular formula is C26H28N2O4S. The predicted molar refractivity (Wildman–Crippen MR) is 131 cm³/mol. The number of ether oxygens (including phenoxy) is 1. The lowest BCUT2D eigenvalue weighted by molar-refractivity contribution is -0.118. The summed E-state index contributed by atoms with van der Waals surface area (Å²) < 4.78 is 33.6. The molecule has 33 heavy (non-hydrogen) atoms. The molecule has 0 bridgehead atoms. The zero-order chi connectivity index (χ0) is 23.8. The normalized spacial score (nSPS) is 13.0. The summed E-state index contributed by atoms with van der Waals surface area (Å²) in [7, 11) is -3.68. The molecular weight excluding hydrogens is 436 g/mol. The Morgan fingerprint density at radius 3 is 2.36 bits per heavy atom. The standard InChI is InChI=1S/C26H28N2O4S/c1-17-13-19(3)26(20(4)14-17)27-25(29)16-32-24-10-9-22(15-18(24)2)33(30,31)28-12-11-21-7-5-6-8-23(21)28/h5-10,13-15H,11-12,16H2,1-4H3,(H,27,29). The van der Waals surface area contributed by atoms with Crippen LogP contribution >= 0.6 is 0 Å². The number of sulfonamides is 1. The average molecular weight is 465 g/mol. The first kappa shape index (κ1) is 22.9. The number of hydrogen-bond donors (Lipinski definition) is 1. The fraction of sp³-hybridized carbons (Fsp3) is 0.269. The molecule has 1 aliphatic rings. The van der Waals surface area contributed by atoms with Crippen LogP contribution in [0.4, 0.5) is 11.4 Å². The summed E-state index contributed by atoms with van der Waals surface area (Å²) in [5, 5.41) is 2.91. The maximum absolute atomic E-state index is 13.2. The van der Waals surface area contributed by atoms with Crippen molar-refractivity contribution in [3.63, 3.8) is 0 Å². The Morgan fingerprint density at radius 1 is 0.970 bits per heavy atom. The molecule has 0 aromatic heterocycles. The predicted octanol–water partition coefficient (Wildman–Crippen LogP) is 4.69. The van der Waals surface area contributed by atoms with Crippen molar-refractivity contribution >= 4 is 27.3 Å². The van der Waals surface area contributed by atoms with E-state index in [1.54, 1.807) is 19.1 Å². The van der Waals surface area contributed by atoms with Crippen LogP contribution in [0.1, 0.15) is 27.8 Å². The SMILES string of the molecule is Cc1cc(C)c(NC(=O)COc2ccc(S(=O)(=O)N3CCc4ccccc43)cc2C)c(C)c1. The van der Waals surface area contributed by atoms with Crippen LogP contribution in [0.5, 0.6) is 5.75 Å². The van der Waals surface area contributed by atoms with Crippen LogP contribution in [-0.4, -0.2) is 27.5 Å². The van der Waals surface area contributed by atoms with Crippen molar-refractivity contribution < 1.29 is 17.9 Å². The number of aryl methyl sites for hydroxylation is 4. The second-order valence-electron chi connectivity index (χ2n) is 8.49. The minimum absolute atomic E-state index is 0.167. The van der Waals surface area contributed by atoms with E-state index in [-0.39, 0.29) is 17.4 Å². The molecule has 0 fully saturated rings. The first-order chi connectivity index (χ1) is 15.7. The monoisotopic (exact) mass is 464 g/mol. The molecule has 1 aliphatic heterocycles. The van der Waals surface area contributed by atoms with E-state index in [9.17, 15) is 13.2 Å². The van der Waals surface area contributed by atoms with E-state index in [1.165, 1.54) is 10.4 Å². The van der Waals surface area contributed by atoms with E-state index < -0.39 is 10.0 Å². The first-order valence-corrected chi connectivity index (χ1v) is 12.3. The highest BCUT2D eigenvalue weighted by Crippen LogP contribution is 2.33. The number of amides is 1. The summed E-state index contributed by atoms with van der Waals surface area (Å²) in [6.07, 6.45) is 0.699. The summed E-state index contributed by atoms with van der Waals surface area (Å²) in [5.41, 5.74) is 6.33. The molecule has 0 radical (unpaired) electrons. The van der Waals surface area contributed by atoms with E-state index in [1.807, 2.05) is 57.2 Å². The highest BCUT2D eigenvalue weighted by atomic mass is 32.2. The van der Waals surface area contributed by atoms with Crippen molar-refractivity contribution in [1.82, 2.24) is 0 Å². The van der Waals surface area contributed by atoms with Gasteiger partial charge in [0.2, 0.25) is 0 Å². The number of nitrogens with zero attached hydrogens (tertiary/aromatic N) is 1. The number of carbonyl (C=O) groups excluding carboxylic acids is 1. The number of fused-ring (bicyclic) bond motifs is 1. The lowest BCUT2D eigenvalue weighted by atomic mass is 10.1. The lowest BCUT2D eigenvalue weighted by Crippen LogP contribution is -2.29. The van der Waals surface area contributed by atoms with Gasteiger partial charge in [-0.15, -0.1) is 0 Å². The Labute approximate surface area is 195 Å². The lowest BCUT2D eigenvalue weighted by Gasteiger charge is -2.20. The highest BCUT2D eigenvalue weighted by Gasteiger charge is 2.30. The number of rotatable bonds is 6. The zero-order valence-corrected chi connectivity index (χ0v) is 20.1. The van der Waals surface area contributed by atoms with Crippen molar-refractivity contribution in [3.8, 4) is 5.75 Å². The molecule has 1 amide bonds. The van der Waals surface area contributed by atoms with E-state index in [0.717, 1.165) is 33.6 Å². The molecule has 0 aliphatic carbocycles. The molecule has 0 saturated carbocycles. The molecule has 0 spiro atoms. The summed E-state index contributed by atoms with van der Waals surface area (Å²) in [4.78, 5) is 12.7. The van der Waals surface area contributed by atoms with Gasteiger partial charge in [-0.05, 0) is 80.6 Å². The van der Waals surface area contributed by atoms with Crippen LogP contribution in [0.25, 0.3) is 0 Å². The van der Waals surface area contributed by atoms with Crippen molar-refractivity contribution in [3.05, 3.63) is 82.4 Å². The van der Waals surface area contributed by atoms with Gasteiger partial charge < -0.3 is 10.1 Å². The van der Waals surface area contributed by atoms with Crippen molar-refractivity contribution in [2.24, 2.45) is 0 Å². The van der Waals surface area contributed by atoms with E-state index >= 15 is 0 Å². The van der Waals surface area contributed by atoms with Crippen LogP contribution in [0.15, 0.2) is 59.5 Å².